The van der Waals surface area contributed by atoms with Gasteiger partial charge in [-0.1, -0.05) is 36.7 Å². The summed E-state index contributed by atoms with van der Waals surface area (Å²) < 4.78 is 0. The summed E-state index contributed by atoms with van der Waals surface area (Å²) in [6.07, 6.45) is 13.0. The lowest BCUT2D eigenvalue weighted by Gasteiger charge is -2.57. The van der Waals surface area contributed by atoms with E-state index in [0.29, 0.717) is 5.41 Å². The molecular formula is C24H37NO2. The number of aliphatic hydroxyl groups is 1. The van der Waals surface area contributed by atoms with Crippen LogP contribution in [0.25, 0.3) is 0 Å². The Morgan fingerprint density at radius 2 is 1.85 bits per heavy atom. The van der Waals surface area contributed by atoms with E-state index in [1.165, 1.54) is 31.3 Å². The number of nitrogens with zero attached hydrogens (tertiary/aromatic N) is 1. The average molecular weight is 372 g/mol. The standard InChI is InChI=1S/C24H37NO2/c1-15(2)27-25-16(3)20-8-9-21-19-7-6-17-14-18(26)10-12-23(17,4)22(19)11-13-24(20,21)5/h6,8,15,18-19,21-22,26H,7,9-14H2,1-5H3/b25-16+/t18-,19-,21-,22-,23-,24+/m0/s1. The van der Waals surface area contributed by atoms with E-state index in [2.05, 4.69) is 38.1 Å². The zero-order valence-corrected chi connectivity index (χ0v) is 17.8. The molecule has 4 aliphatic carbocycles. The first kappa shape index (κ1) is 19.2. The molecular weight excluding hydrogens is 334 g/mol. The van der Waals surface area contributed by atoms with Crippen LogP contribution in [-0.4, -0.2) is 23.0 Å². The molecule has 0 saturated heterocycles. The highest BCUT2D eigenvalue weighted by Gasteiger charge is 2.56. The zero-order chi connectivity index (χ0) is 19.4. The van der Waals surface area contributed by atoms with Gasteiger partial charge in [-0.2, -0.15) is 0 Å². The van der Waals surface area contributed by atoms with E-state index in [0.717, 1.165) is 42.7 Å². The molecule has 0 heterocycles. The van der Waals surface area contributed by atoms with Gasteiger partial charge in [0.25, 0.3) is 0 Å². The molecule has 0 bridgehead atoms. The summed E-state index contributed by atoms with van der Waals surface area (Å²) in [6.45, 7) is 11.2. The Morgan fingerprint density at radius 3 is 2.59 bits per heavy atom. The quantitative estimate of drug-likeness (QED) is 0.396. The van der Waals surface area contributed by atoms with Crippen molar-refractivity contribution in [1.82, 2.24) is 0 Å². The third-order valence-electron chi connectivity index (χ3n) is 8.45. The maximum atomic E-state index is 10.2. The van der Waals surface area contributed by atoms with Gasteiger partial charge in [0.2, 0.25) is 0 Å². The van der Waals surface area contributed by atoms with E-state index in [4.69, 9.17) is 4.84 Å². The van der Waals surface area contributed by atoms with Crippen molar-refractivity contribution in [1.29, 1.82) is 0 Å². The first-order chi connectivity index (χ1) is 12.8. The van der Waals surface area contributed by atoms with Gasteiger partial charge >= 0.3 is 0 Å². The number of allylic oxidation sites excluding steroid dienone is 3. The maximum Gasteiger partial charge on any atom is 0.122 e. The van der Waals surface area contributed by atoms with E-state index in [1.807, 2.05) is 13.8 Å². The Bertz CT molecular complexity index is 690. The summed E-state index contributed by atoms with van der Waals surface area (Å²) in [7, 11) is 0. The number of fused-ring (bicyclic) bond motifs is 5. The maximum absolute atomic E-state index is 10.2. The molecule has 1 N–H and O–H groups in total. The fourth-order valence-corrected chi connectivity index (χ4v) is 7.00. The average Bonchev–Trinajstić information content (AvgIpc) is 2.97. The van der Waals surface area contributed by atoms with Gasteiger partial charge in [-0.3, -0.25) is 0 Å². The SMILES string of the molecule is C/C(=N\OC(C)C)C1=CC[C@H]2[C@@H]3CC=C4C[C@@H](O)CC[C@]4(C)[C@H]3CC[C@]12C. The van der Waals surface area contributed by atoms with Crippen LogP contribution in [0, 0.1) is 28.6 Å². The van der Waals surface area contributed by atoms with Crippen LogP contribution in [0.2, 0.25) is 0 Å². The van der Waals surface area contributed by atoms with E-state index in [1.54, 1.807) is 5.57 Å². The number of oxime groups is 1. The second kappa shape index (κ2) is 6.76. The summed E-state index contributed by atoms with van der Waals surface area (Å²) in [5, 5.41) is 14.6. The second-order valence-electron chi connectivity index (χ2n) is 10.3. The summed E-state index contributed by atoms with van der Waals surface area (Å²) >= 11 is 0. The molecule has 2 saturated carbocycles. The Balaban J connectivity index is 1.59. The van der Waals surface area contributed by atoms with Crippen LogP contribution >= 0.6 is 0 Å². The molecule has 0 aromatic rings. The predicted octanol–water partition coefficient (Wildman–Crippen LogP) is 5.65. The number of hydrogen-bond acceptors (Lipinski definition) is 3. The molecule has 150 valence electrons. The van der Waals surface area contributed by atoms with E-state index in [9.17, 15) is 5.11 Å². The zero-order valence-electron chi connectivity index (χ0n) is 17.8. The van der Waals surface area contributed by atoms with Crippen LogP contribution in [0.4, 0.5) is 0 Å². The molecule has 2 fully saturated rings. The van der Waals surface area contributed by atoms with Crippen LogP contribution in [0.5, 0.6) is 0 Å². The van der Waals surface area contributed by atoms with Gasteiger partial charge in [0.1, 0.15) is 6.10 Å². The van der Waals surface area contributed by atoms with Crippen LogP contribution in [-0.2, 0) is 4.84 Å². The normalized spacial score (nSPS) is 44.2. The highest BCUT2D eigenvalue weighted by molar-refractivity contribution is 5.99. The van der Waals surface area contributed by atoms with Crippen LogP contribution < -0.4 is 0 Å². The minimum absolute atomic E-state index is 0.116. The number of rotatable bonds is 3. The van der Waals surface area contributed by atoms with Crippen molar-refractivity contribution in [2.75, 3.05) is 0 Å². The molecule has 3 nitrogen and oxygen atoms in total. The van der Waals surface area contributed by atoms with Crippen molar-refractivity contribution in [3.05, 3.63) is 23.3 Å². The molecule has 0 spiro atoms. The van der Waals surface area contributed by atoms with Crippen molar-refractivity contribution in [3.63, 3.8) is 0 Å². The molecule has 0 aromatic heterocycles. The topological polar surface area (TPSA) is 41.8 Å². The van der Waals surface area contributed by atoms with E-state index >= 15 is 0 Å². The molecule has 0 unspecified atom stereocenters. The highest BCUT2D eigenvalue weighted by atomic mass is 16.6. The molecule has 0 aliphatic heterocycles. The lowest BCUT2D eigenvalue weighted by atomic mass is 9.47. The fourth-order valence-electron chi connectivity index (χ4n) is 7.00. The van der Waals surface area contributed by atoms with Crippen molar-refractivity contribution in [3.8, 4) is 0 Å². The fraction of sp³-hybridized carbons (Fsp3) is 0.792. The Labute approximate surface area is 164 Å². The van der Waals surface area contributed by atoms with E-state index in [-0.39, 0.29) is 17.6 Å². The lowest BCUT2D eigenvalue weighted by Crippen LogP contribution is -2.50. The summed E-state index contributed by atoms with van der Waals surface area (Å²) in [5.74, 6) is 2.26. The molecule has 6 atom stereocenters. The predicted molar refractivity (Wildman–Crippen MR) is 111 cm³/mol. The molecule has 0 aromatic carbocycles. The van der Waals surface area contributed by atoms with Crippen LogP contribution in [0.15, 0.2) is 28.5 Å². The van der Waals surface area contributed by atoms with Crippen molar-refractivity contribution >= 4 is 5.71 Å². The minimum atomic E-state index is -0.116. The molecule has 0 amide bonds. The minimum Gasteiger partial charge on any atom is -0.393 e. The Hall–Kier alpha value is -1.09. The summed E-state index contributed by atoms with van der Waals surface area (Å²) in [6, 6.07) is 0. The largest absolute Gasteiger partial charge is 0.393 e. The van der Waals surface area contributed by atoms with Crippen molar-refractivity contribution in [2.45, 2.75) is 91.8 Å². The first-order valence-corrected chi connectivity index (χ1v) is 11.0. The van der Waals surface area contributed by atoms with Gasteiger partial charge in [-0.25, -0.2) is 0 Å². The first-order valence-electron chi connectivity index (χ1n) is 11.0. The monoisotopic (exact) mass is 371 g/mol. The van der Waals surface area contributed by atoms with Crippen molar-refractivity contribution in [2.24, 2.45) is 33.7 Å². The van der Waals surface area contributed by atoms with Crippen molar-refractivity contribution < 1.29 is 9.94 Å². The third kappa shape index (κ3) is 3.01. The Kier molecular flexibility index (Phi) is 4.81. The lowest BCUT2D eigenvalue weighted by molar-refractivity contribution is -0.0281. The molecule has 4 aliphatic rings. The van der Waals surface area contributed by atoms with Crippen LogP contribution in [0.1, 0.15) is 79.6 Å². The van der Waals surface area contributed by atoms with Gasteiger partial charge in [0.05, 0.1) is 11.8 Å². The van der Waals surface area contributed by atoms with Gasteiger partial charge < -0.3 is 9.94 Å². The molecule has 0 radical (unpaired) electrons. The van der Waals surface area contributed by atoms with Gasteiger partial charge in [-0.05, 0) is 99.9 Å². The molecule has 3 heteroatoms. The second-order valence-corrected chi connectivity index (χ2v) is 10.3. The number of aliphatic hydroxyl groups excluding tert-OH is 1. The summed E-state index contributed by atoms with van der Waals surface area (Å²) in [4.78, 5) is 5.56. The van der Waals surface area contributed by atoms with Gasteiger partial charge in [0.15, 0.2) is 0 Å². The molecule has 27 heavy (non-hydrogen) atoms. The van der Waals surface area contributed by atoms with Gasteiger partial charge in [0, 0.05) is 0 Å². The summed E-state index contributed by atoms with van der Waals surface area (Å²) in [5.41, 5.74) is 4.62. The third-order valence-corrected chi connectivity index (χ3v) is 8.45. The van der Waals surface area contributed by atoms with Gasteiger partial charge in [-0.15, -0.1) is 0 Å². The van der Waals surface area contributed by atoms with E-state index < -0.39 is 0 Å². The molecule has 4 rings (SSSR count). The Morgan fingerprint density at radius 1 is 1.11 bits per heavy atom. The smallest absolute Gasteiger partial charge is 0.122 e. The number of hydrogen-bond donors (Lipinski definition) is 1. The highest BCUT2D eigenvalue weighted by Crippen LogP contribution is 2.65. The van der Waals surface area contributed by atoms with Crippen LogP contribution in [0.3, 0.4) is 0 Å².